The van der Waals surface area contributed by atoms with Crippen molar-refractivity contribution in [3.8, 4) is 0 Å². The molecule has 2 fully saturated rings. The highest BCUT2D eigenvalue weighted by molar-refractivity contribution is 5.66. The Kier molecular flexibility index (Phi) is 9.33. The number of rotatable bonds is 10. The molecule has 26 heavy (non-hydrogen) atoms. The molecule has 2 aliphatic rings. The molecule has 148 valence electrons. The molecular weight excluding hydrogens is 332 g/mol. The van der Waals surface area contributed by atoms with Crippen molar-refractivity contribution in [2.24, 2.45) is 11.8 Å². The number of hydrogen-bond donors (Lipinski definition) is 0. The molecule has 0 aromatic rings. The van der Waals surface area contributed by atoms with Gasteiger partial charge in [-0.3, -0.25) is 4.79 Å². The summed E-state index contributed by atoms with van der Waals surface area (Å²) < 4.78 is 17.4. The topological polar surface area (TPSA) is 61.8 Å². The summed E-state index contributed by atoms with van der Waals surface area (Å²) in [6.45, 7) is 4.30. The summed E-state index contributed by atoms with van der Waals surface area (Å²) in [6.07, 6.45) is 13.7. The van der Waals surface area contributed by atoms with Crippen LogP contribution in [-0.4, -0.2) is 37.4 Å². The minimum atomic E-state index is -0.460. The van der Waals surface area contributed by atoms with E-state index in [1.54, 1.807) is 0 Å². The highest BCUT2D eigenvalue weighted by Crippen LogP contribution is 2.36. The van der Waals surface area contributed by atoms with E-state index in [4.69, 9.17) is 14.2 Å². The van der Waals surface area contributed by atoms with Crippen molar-refractivity contribution in [1.82, 2.24) is 0 Å². The molecule has 5 nitrogen and oxygen atoms in total. The zero-order chi connectivity index (χ0) is 18.8. The Morgan fingerprint density at radius 3 is 2.69 bits per heavy atom. The zero-order valence-electron chi connectivity index (χ0n) is 16.2. The van der Waals surface area contributed by atoms with E-state index in [9.17, 15) is 9.59 Å². The molecule has 0 amide bonds. The van der Waals surface area contributed by atoms with Crippen LogP contribution in [0.25, 0.3) is 0 Å². The van der Waals surface area contributed by atoms with E-state index in [2.05, 4.69) is 19.1 Å². The average Bonchev–Trinajstić information content (AvgIpc) is 2.99. The minimum absolute atomic E-state index is 0.0369. The number of aldehydes is 1. The molecule has 2 rings (SSSR count). The van der Waals surface area contributed by atoms with Crippen molar-refractivity contribution >= 4 is 12.3 Å². The van der Waals surface area contributed by atoms with Gasteiger partial charge >= 0.3 is 5.97 Å². The highest BCUT2D eigenvalue weighted by atomic mass is 16.7. The van der Waals surface area contributed by atoms with Crippen LogP contribution in [0.2, 0.25) is 0 Å². The lowest BCUT2D eigenvalue weighted by atomic mass is 9.97. The second-order valence-corrected chi connectivity index (χ2v) is 7.45. The van der Waals surface area contributed by atoms with Gasteiger partial charge in [-0.1, -0.05) is 31.9 Å². The molecule has 1 unspecified atom stereocenters. The molecule has 0 spiro atoms. The molecule has 0 radical (unpaired) electrons. The maximum atomic E-state index is 11.4. The third kappa shape index (κ3) is 6.51. The Morgan fingerprint density at radius 2 is 1.96 bits per heavy atom. The summed E-state index contributed by atoms with van der Waals surface area (Å²) >= 11 is 0. The fourth-order valence-corrected chi connectivity index (χ4v) is 3.93. The number of allylic oxidation sites excluding steroid dienone is 2. The summed E-state index contributed by atoms with van der Waals surface area (Å²) in [5.74, 6) is -0.312. The van der Waals surface area contributed by atoms with E-state index in [0.717, 1.165) is 44.8 Å². The Balaban J connectivity index is 1.93. The van der Waals surface area contributed by atoms with E-state index < -0.39 is 6.29 Å². The predicted molar refractivity (Wildman–Crippen MR) is 99.6 cm³/mol. The summed E-state index contributed by atoms with van der Waals surface area (Å²) in [4.78, 5) is 22.7. The van der Waals surface area contributed by atoms with Gasteiger partial charge in [-0.05, 0) is 44.9 Å². The lowest BCUT2D eigenvalue weighted by molar-refractivity contribution is -0.218. The Labute approximate surface area is 157 Å². The lowest BCUT2D eigenvalue weighted by Crippen LogP contribution is -2.38. The zero-order valence-corrected chi connectivity index (χ0v) is 16.2. The first-order valence-corrected chi connectivity index (χ1v) is 10.2. The summed E-state index contributed by atoms with van der Waals surface area (Å²) in [7, 11) is 0. The number of unbranched alkanes of at least 4 members (excludes halogenated alkanes) is 3. The summed E-state index contributed by atoms with van der Waals surface area (Å²) in [5.41, 5.74) is 0. The van der Waals surface area contributed by atoms with Crippen LogP contribution >= 0.6 is 0 Å². The van der Waals surface area contributed by atoms with Crippen LogP contribution in [0.4, 0.5) is 0 Å². The monoisotopic (exact) mass is 366 g/mol. The highest BCUT2D eigenvalue weighted by Gasteiger charge is 2.41. The molecule has 1 heterocycles. The fourth-order valence-electron chi connectivity index (χ4n) is 3.93. The van der Waals surface area contributed by atoms with Crippen molar-refractivity contribution in [2.45, 2.75) is 90.1 Å². The van der Waals surface area contributed by atoms with E-state index in [0.29, 0.717) is 6.61 Å². The quantitative estimate of drug-likeness (QED) is 0.251. The van der Waals surface area contributed by atoms with Gasteiger partial charge in [0.25, 0.3) is 0 Å². The largest absolute Gasteiger partial charge is 0.462 e. The van der Waals surface area contributed by atoms with Crippen molar-refractivity contribution in [1.29, 1.82) is 0 Å². The van der Waals surface area contributed by atoms with Crippen LogP contribution in [0.5, 0.6) is 0 Å². The third-order valence-corrected chi connectivity index (χ3v) is 5.35. The van der Waals surface area contributed by atoms with Gasteiger partial charge in [0.2, 0.25) is 0 Å². The minimum Gasteiger partial charge on any atom is -0.462 e. The maximum absolute atomic E-state index is 11.4. The van der Waals surface area contributed by atoms with Gasteiger partial charge in [0.1, 0.15) is 12.4 Å². The van der Waals surface area contributed by atoms with Crippen LogP contribution in [0, 0.1) is 11.8 Å². The normalized spacial score (nSPS) is 32.0. The number of hydrogen-bond acceptors (Lipinski definition) is 5. The maximum Gasteiger partial charge on any atom is 0.302 e. The average molecular weight is 366 g/mol. The molecule has 5 atom stereocenters. The molecule has 1 saturated heterocycles. The summed E-state index contributed by atoms with van der Waals surface area (Å²) in [5, 5.41) is 0. The first kappa shape index (κ1) is 21.1. The van der Waals surface area contributed by atoms with Gasteiger partial charge in [-0.15, -0.1) is 0 Å². The lowest BCUT2D eigenvalue weighted by Gasteiger charge is -2.32. The van der Waals surface area contributed by atoms with Crippen molar-refractivity contribution in [3.63, 3.8) is 0 Å². The van der Waals surface area contributed by atoms with Gasteiger partial charge < -0.3 is 19.0 Å². The molecule has 0 aromatic heterocycles. The SMILES string of the molecule is CCCCCC=CCC1[C@@H](OC(C)=O)CC[C@H]1O[C@H]1OCCC[C@@H]1C=O. The predicted octanol–water partition coefficient (Wildman–Crippen LogP) is 4.19. The molecule has 1 saturated carbocycles. The van der Waals surface area contributed by atoms with Gasteiger partial charge in [0.15, 0.2) is 6.29 Å². The van der Waals surface area contributed by atoms with Crippen molar-refractivity contribution in [3.05, 3.63) is 12.2 Å². The van der Waals surface area contributed by atoms with Crippen LogP contribution in [0.1, 0.15) is 71.6 Å². The molecule has 5 heteroatoms. The van der Waals surface area contributed by atoms with Gasteiger partial charge in [0.05, 0.1) is 12.0 Å². The molecular formula is C21H34O5. The van der Waals surface area contributed by atoms with Crippen LogP contribution in [0.15, 0.2) is 12.2 Å². The van der Waals surface area contributed by atoms with Gasteiger partial charge in [-0.2, -0.15) is 0 Å². The third-order valence-electron chi connectivity index (χ3n) is 5.35. The fraction of sp³-hybridized carbons (Fsp3) is 0.810. The molecule has 0 N–H and O–H groups in total. The smallest absolute Gasteiger partial charge is 0.302 e. The van der Waals surface area contributed by atoms with Crippen molar-refractivity contribution in [2.75, 3.05) is 6.61 Å². The molecule has 1 aliphatic carbocycles. The second-order valence-electron chi connectivity index (χ2n) is 7.45. The number of ether oxygens (including phenoxy) is 3. The first-order valence-electron chi connectivity index (χ1n) is 10.2. The standard InChI is InChI=1S/C21H34O5/c1-3-4-5-6-7-8-11-18-19(25-16(2)23)12-13-20(18)26-21-17(15-22)10-9-14-24-21/h7-8,15,17-21H,3-6,9-14H2,1-2H3/t17-,18?,19+,20-,21-/m1/s1. The number of carbonyl (C=O) groups is 2. The van der Waals surface area contributed by atoms with E-state index >= 15 is 0 Å². The number of carbonyl (C=O) groups excluding carboxylic acids is 2. The number of esters is 1. The van der Waals surface area contributed by atoms with Gasteiger partial charge in [0, 0.05) is 19.4 Å². The first-order chi connectivity index (χ1) is 12.7. The van der Waals surface area contributed by atoms with E-state index in [1.807, 2.05) is 0 Å². The van der Waals surface area contributed by atoms with Crippen LogP contribution in [0.3, 0.4) is 0 Å². The van der Waals surface area contributed by atoms with Crippen molar-refractivity contribution < 1.29 is 23.8 Å². The van der Waals surface area contributed by atoms with E-state index in [1.165, 1.54) is 26.2 Å². The summed E-state index contributed by atoms with van der Waals surface area (Å²) in [6, 6.07) is 0. The van der Waals surface area contributed by atoms with Crippen LogP contribution in [-0.2, 0) is 23.8 Å². The molecule has 0 bridgehead atoms. The second kappa shape index (κ2) is 11.5. The van der Waals surface area contributed by atoms with Gasteiger partial charge in [-0.25, -0.2) is 0 Å². The van der Waals surface area contributed by atoms with Crippen LogP contribution < -0.4 is 0 Å². The van der Waals surface area contributed by atoms with E-state index in [-0.39, 0.29) is 30.0 Å². The Morgan fingerprint density at radius 1 is 1.15 bits per heavy atom. The Hall–Kier alpha value is -1.20. The molecule has 1 aliphatic heterocycles. The Bertz CT molecular complexity index is 461. The molecule has 0 aromatic carbocycles.